The monoisotopic (exact) mass is 449 g/mol. The van der Waals surface area contributed by atoms with Crippen molar-refractivity contribution in [3.63, 3.8) is 0 Å². The SMILES string of the molecule is COc1cc(CN2CCC(NC(=S)Nc3ccccc3Cl)CC2)cc(OC)c1OC. The molecular formula is C22H28ClN3O3S. The zero-order chi connectivity index (χ0) is 21.5. The molecule has 8 heteroatoms. The summed E-state index contributed by atoms with van der Waals surface area (Å²) < 4.78 is 16.3. The summed E-state index contributed by atoms with van der Waals surface area (Å²) in [6, 6.07) is 11.9. The third kappa shape index (κ3) is 5.68. The van der Waals surface area contributed by atoms with E-state index < -0.39 is 0 Å². The van der Waals surface area contributed by atoms with Crippen molar-refractivity contribution in [3.05, 3.63) is 47.0 Å². The van der Waals surface area contributed by atoms with E-state index in [1.54, 1.807) is 21.3 Å². The maximum Gasteiger partial charge on any atom is 0.203 e. The lowest BCUT2D eigenvalue weighted by atomic mass is 10.0. The third-order valence-corrected chi connectivity index (χ3v) is 5.73. The maximum absolute atomic E-state index is 6.19. The van der Waals surface area contributed by atoms with Crippen LogP contribution < -0.4 is 24.8 Å². The second kappa shape index (κ2) is 10.7. The van der Waals surface area contributed by atoms with Crippen LogP contribution in [0.15, 0.2) is 36.4 Å². The molecule has 2 aromatic rings. The molecule has 2 N–H and O–H groups in total. The van der Waals surface area contributed by atoms with E-state index in [0.717, 1.165) is 43.7 Å². The zero-order valence-electron chi connectivity index (χ0n) is 17.5. The van der Waals surface area contributed by atoms with Crippen molar-refractivity contribution in [1.82, 2.24) is 10.2 Å². The first-order chi connectivity index (χ1) is 14.5. The van der Waals surface area contributed by atoms with E-state index in [1.165, 1.54) is 0 Å². The van der Waals surface area contributed by atoms with Crippen LogP contribution in [0.25, 0.3) is 0 Å². The summed E-state index contributed by atoms with van der Waals surface area (Å²) in [4.78, 5) is 2.42. The fourth-order valence-electron chi connectivity index (χ4n) is 3.63. The summed E-state index contributed by atoms with van der Waals surface area (Å²) in [6.45, 7) is 2.78. The van der Waals surface area contributed by atoms with E-state index in [-0.39, 0.29) is 0 Å². The summed E-state index contributed by atoms with van der Waals surface area (Å²) in [5, 5.41) is 7.85. The summed E-state index contributed by atoms with van der Waals surface area (Å²) in [7, 11) is 4.89. The van der Waals surface area contributed by atoms with Crippen LogP contribution in [0.4, 0.5) is 5.69 Å². The predicted molar refractivity (Wildman–Crippen MR) is 125 cm³/mol. The van der Waals surface area contributed by atoms with E-state index in [4.69, 9.17) is 38.0 Å². The van der Waals surface area contributed by atoms with Crippen molar-refractivity contribution in [3.8, 4) is 17.2 Å². The molecule has 0 aliphatic carbocycles. The second-order valence-corrected chi connectivity index (χ2v) is 7.98. The molecule has 1 heterocycles. The number of nitrogens with one attached hydrogen (secondary N) is 2. The van der Waals surface area contributed by atoms with Gasteiger partial charge in [-0.15, -0.1) is 0 Å². The molecule has 1 aliphatic rings. The molecular weight excluding hydrogens is 422 g/mol. The van der Waals surface area contributed by atoms with Crippen LogP contribution in [0, 0.1) is 0 Å². The van der Waals surface area contributed by atoms with Gasteiger partial charge in [-0.05, 0) is 54.9 Å². The molecule has 0 atom stereocenters. The summed E-state index contributed by atoms with van der Waals surface area (Å²) in [6.07, 6.45) is 2.02. The molecule has 0 aromatic heterocycles. The molecule has 0 amide bonds. The fourth-order valence-corrected chi connectivity index (χ4v) is 4.09. The minimum absolute atomic E-state index is 0.337. The summed E-state index contributed by atoms with van der Waals surface area (Å²) >= 11 is 11.6. The first kappa shape index (κ1) is 22.5. The summed E-state index contributed by atoms with van der Waals surface area (Å²) in [5.41, 5.74) is 1.95. The lowest BCUT2D eigenvalue weighted by Crippen LogP contribution is -2.45. The molecule has 0 radical (unpaired) electrons. The van der Waals surface area contributed by atoms with Crippen LogP contribution >= 0.6 is 23.8 Å². The average Bonchev–Trinajstić information content (AvgIpc) is 2.76. The molecule has 2 aromatic carbocycles. The highest BCUT2D eigenvalue weighted by molar-refractivity contribution is 7.80. The first-order valence-electron chi connectivity index (χ1n) is 9.87. The van der Waals surface area contributed by atoms with Crippen molar-refractivity contribution in [1.29, 1.82) is 0 Å². The highest BCUT2D eigenvalue weighted by Crippen LogP contribution is 2.38. The number of nitrogens with zero attached hydrogens (tertiary/aromatic N) is 1. The molecule has 0 spiro atoms. The number of rotatable bonds is 7. The van der Waals surface area contributed by atoms with Gasteiger partial charge in [-0.25, -0.2) is 0 Å². The van der Waals surface area contributed by atoms with Crippen LogP contribution in [0.3, 0.4) is 0 Å². The number of likely N-dealkylation sites (tertiary alicyclic amines) is 1. The van der Waals surface area contributed by atoms with Gasteiger partial charge in [0.2, 0.25) is 5.75 Å². The average molecular weight is 450 g/mol. The number of piperidine rings is 1. The van der Waals surface area contributed by atoms with Gasteiger partial charge in [-0.2, -0.15) is 0 Å². The Hall–Kier alpha value is -2.22. The number of hydrogen-bond donors (Lipinski definition) is 2. The van der Waals surface area contributed by atoms with Crippen molar-refractivity contribution < 1.29 is 14.2 Å². The molecule has 1 fully saturated rings. The maximum atomic E-state index is 6.19. The number of ether oxygens (including phenoxy) is 3. The van der Waals surface area contributed by atoms with Crippen molar-refractivity contribution in [2.75, 3.05) is 39.7 Å². The van der Waals surface area contributed by atoms with Gasteiger partial charge in [0.1, 0.15) is 0 Å². The number of halogens is 1. The summed E-state index contributed by atoms with van der Waals surface area (Å²) in [5.74, 6) is 1.98. The Morgan fingerprint density at radius 3 is 2.27 bits per heavy atom. The molecule has 0 unspecified atom stereocenters. The third-order valence-electron chi connectivity index (χ3n) is 5.18. The number of benzene rings is 2. The van der Waals surface area contributed by atoms with E-state index in [2.05, 4.69) is 15.5 Å². The van der Waals surface area contributed by atoms with E-state index >= 15 is 0 Å². The minimum Gasteiger partial charge on any atom is -0.493 e. The van der Waals surface area contributed by atoms with Gasteiger partial charge in [0.15, 0.2) is 16.6 Å². The Kier molecular flexibility index (Phi) is 8.01. The largest absolute Gasteiger partial charge is 0.493 e. The van der Waals surface area contributed by atoms with Crippen molar-refractivity contribution >= 4 is 34.6 Å². The molecule has 30 heavy (non-hydrogen) atoms. The molecule has 1 saturated heterocycles. The zero-order valence-corrected chi connectivity index (χ0v) is 19.1. The van der Waals surface area contributed by atoms with Gasteiger partial charge in [-0.3, -0.25) is 4.90 Å². The normalized spacial score (nSPS) is 14.8. The van der Waals surface area contributed by atoms with E-state index in [0.29, 0.717) is 33.4 Å². The van der Waals surface area contributed by atoms with E-state index in [1.807, 2.05) is 36.4 Å². The Bertz CT molecular complexity index is 847. The van der Waals surface area contributed by atoms with Crippen LogP contribution in [-0.4, -0.2) is 50.5 Å². The smallest absolute Gasteiger partial charge is 0.203 e. The lowest BCUT2D eigenvalue weighted by molar-refractivity contribution is 0.198. The number of anilines is 1. The minimum atomic E-state index is 0.337. The van der Waals surface area contributed by atoms with Gasteiger partial charge in [-0.1, -0.05) is 23.7 Å². The lowest BCUT2D eigenvalue weighted by Gasteiger charge is -2.33. The van der Waals surface area contributed by atoms with Gasteiger partial charge >= 0.3 is 0 Å². The van der Waals surface area contributed by atoms with Crippen molar-refractivity contribution in [2.45, 2.75) is 25.4 Å². The molecule has 1 aliphatic heterocycles. The number of methoxy groups -OCH3 is 3. The van der Waals surface area contributed by atoms with Gasteiger partial charge < -0.3 is 24.8 Å². The van der Waals surface area contributed by atoms with Crippen LogP contribution in [-0.2, 0) is 6.54 Å². The molecule has 6 nitrogen and oxygen atoms in total. The second-order valence-electron chi connectivity index (χ2n) is 7.16. The molecule has 162 valence electrons. The molecule has 3 rings (SSSR count). The Balaban J connectivity index is 1.52. The number of hydrogen-bond acceptors (Lipinski definition) is 5. The first-order valence-corrected chi connectivity index (χ1v) is 10.7. The number of para-hydroxylation sites is 1. The van der Waals surface area contributed by atoms with E-state index in [9.17, 15) is 0 Å². The Morgan fingerprint density at radius 2 is 1.70 bits per heavy atom. The molecule has 0 bridgehead atoms. The Morgan fingerprint density at radius 1 is 1.07 bits per heavy atom. The highest BCUT2D eigenvalue weighted by Gasteiger charge is 2.21. The quantitative estimate of drug-likeness (QED) is 0.610. The fraction of sp³-hybridized carbons (Fsp3) is 0.409. The van der Waals surface area contributed by atoms with Crippen LogP contribution in [0.5, 0.6) is 17.2 Å². The molecule has 0 saturated carbocycles. The highest BCUT2D eigenvalue weighted by atomic mass is 35.5. The Labute approximate surface area is 188 Å². The van der Waals surface area contributed by atoms with Crippen molar-refractivity contribution in [2.24, 2.45) is 0 Å². The topological polar surface area (TPSA) is 55.0 Å². The standard InChI is InChI=1S/C22H28ClN3O3S/c1-27-19-12-15(13-20(28-2)21(19)29-3)14-26-10-8-16(9-11-26)24-22(30)25-18-7-5-4-6-17(18)23/h4-7,12-13,16H,8-11,14H2,1-3H3,(H2,24,25,30). The van der Waals surface area contributed by atoms with Gasteiger partial charge in [0.25, 0.3) is 0 Å². The van der Waals surface area contributed by atoms with Gasteiger partial charge in [0, 0.05) is 25.7 Å². The van der Waals surface area contributed by atoms with Crippen LogP contribution in [0.1, 0.15) is 18.4 Å². The van der Waals surface area contributed by atoms with Gasteiger partial charge in [0.05, 0.1) is 32.0 Å². The number of thiocarbonyl (C=S) groups is 1. The predicted octanol–water partition coefficient (Wildman–Crippen LogP) is 4.32. The van der Waals surface area contributed by atoms with Crippen LogP contribution in [0.2, 0.25) is 5.02 Å².